The van der Waals surface area contributed by atoms with E-state index in [1.165, 1.54) is 18.4 Å². The molecule has 108 valence electrons. The van der Waals surface area contributed by atoms with E-state index in [4.69, 9.17) is 0 Å². The van der Waals surface area contributed by atoms with Gasteiger partial charge in [-0.25, -0.2) is 4.98 Å². The zero-order valence-corrected chi connectivity index (χ0v) is 12.0. The number of aromatic nitrogens is 2. The Labute approximate surface area is 119 Å². The van der Waals surface area contributed by atoms with Gasteiger partial charge in [0.05, 0.1) is 24.0 Å². The summed E-state index contributed by atoms with van der Waals surface area (Å²) in [6, 6.07) is 8.84. The lowest BCUT2D eigenvalue weighted by Gasteiger charge is -2.29. The van der Waals surface area contributed by atoms with Crippen LogP contribution in [-0.2, 0) is 6.54 Å². The predicted octanol–water partition coefficient (Wildman–Crippen LogP) is 2.32. The van der Waals surface area contributed by atoms with Crippen molar-refractivity contribution in [3.05, 3.63) is 30.6 Å². The molecule has 4 nitrogen and oxygen atoms in total. The van der Waals surface area contributed by atoms with E-state index >= 15 is 0 Å². The molecular formula is C16H23N3O. The van der Waals surface area contributed by atoms with Crippen LogP contribution in [0.5, 0.6) is 0 Å². The van der Waals surface area contributed by atoms with Gasteiger partial charge in [-0.15, -0.1) is 0 Å². The summed E-state index contributed by atoms with van der Waals surface area (Å²) in [6.07, 6.45) is 6.43. The van der Waals surface area contributed by atoms with Gasteiger partial charge in [-0.3, -0.25) is 0 Å². The Morgan fingerprint density at radius 2 is 2.20 bits per heavy atom. The standard InChI is InChI=1S/C16H23N3O/c1-16(11-20,18-13-7-8-13)9-4-10-19-12-17-14-5-2-3-6-15(14)19/h2-3,5-6,12-13,18,20H,4,7-11H2,1H3. The second kappa shape index (κ2) is 5.54. The minimum Gasteiger partial charge on any atom is -0.394 e. The second-order valence-corrected chi connectivity index (χ2v) is 6.17. The van der Waals surface area contributed by atoms with E-state index in [1.807, 2.05) is 24.5 Å². The van der Waals surface area contributed by atoms with Crippen LogP contribution in [-0.4, -0.2) is 32.8 Å². The van der Waals surface area contributed by atoms with Gasteiger partial charge in [0, 0.05) is 18.1 Å². The van der Waals surface area contributed by atoms with Crippen LogP contribution in [0.25, 0.3) is 11.0 Å². The lowest BCUT2D eigenvalue weighted by Crippen LogP contribution is -2.47. The smallest absolute Gasteiger partial charge is 0.0958 e. The highest BCUT2D eigenvalue weighted by Crippen LogP contribution is 2.25. The molecule has 2 aromatic rings. The highest BCUT2D eigenvalue weighted by Gasteiger charge is 2.31. The Hall–Kier alpha value is -1.39. The van der Waals surface area contributed by atoms with Gasteiger partial charge < -0.3 is 15.0 Å². The average molecular weight is 273 g/mol. The first kappa shape index (κ1) is 13.6. The van der Waals surface area contributed by atoms with Gasteiger partial charge in [0.1, 0.15) is 0 Å². The van der Waals surface area contributed by atoms with Gasteiger partial charge in [-0.1, -0.05) is 12.1 Å². The van der Waals surface area contributed by atoms with Crippen LogP contribution in [0.1, 0.15) is 32.6 Å². The fraction of sp³-hybridized carbons (Fsp3) is 0.562. The van der Waals surface area contributed by atoms with Crippen molar-refractivity contribution in [3.63, 3.8) is 0 Å². The van der Waals surface area contributed by atoms with E-state index in [1.54, 1.807) is 0 Å². The van der Waals surface area contributed by atoms with Crippen LogP contribution in [0.15, 0.2) is 30.6 Å². The summed E-state index contributed by atoms with van der Waals surface area (Å²) in [5.41, 5.74) is 2.10. The monoisotopic (exact) mass is 273 g/mol. The SMILES string of the molecule is CC(CO)(CCCn1cnc2ccccc21)NC1CC1. The molecule has 1 aliphatic rings. The molecule has 4 heteroatoms. The molecule has 1 unspecified atom stereocenters. The summed E-state index contributed by atoms with van der Waals surface area (Å²) in [5, 5.41) is 13.2. The van der Waals surface area contributed by atoms with E-state index < -0.39 is 0 Å². The molecule has 1 aromatic carbocycles. The molecule has 0 amide bonds. The maximum absolute atomic E-state index is 9.61. The fourth-order valence-corrected chi connectivity index (χ4v) is 2.75. The third-order valence-electron chi connectivity index (χ3n) is 4.13. The number of para-hydroxylation sites is 2. The molecule has 1 aromatic heterocycles. The number of fused-ring (bicyclic) bond motifs is 1. The average Bonchev–Trinajstić information content (AvgIpc) is 3.17. The number of hydrogen-bond acceptors (Lipinski definition) is 3. The van der Waals surface area contributed by atoms with Crippen LogP contribution >= 0.6 is 0 Å². The van der Waals surface area contributed by atoms with Crippen LogP contribution < -0.4 is 5.32 Å². The summed E-state index contributed by atoms with van der Waals surface area (Å²) >= 11 is 0. The summed E-state index contributed by atoms with van der Waals surface area (Å²) in [5.74, 6) is 0. The number of rotatable bonds is 7. The van der Waals surface area contributed by atoms with Gasteiger partial charge in [0.25, 0.3) is 0 Å². The first-order chi connectivity index (χ1) is 9.70. The van der Waals surface area contributed by atoms with Gasteiger partial charge in [0.15, 0.2) is 0 Å². The van der Waals surface area contributed by atoms with Crippen LogP contribution in [0.4, 0.5) is 0 Å². The summed E-state index contributed by atoms with van der Waals surface area (Å²) in [7, 11) is 0. The lowest BCUT2D eigenvalue weighted by molar-refractivity contribution is 0.160. The van der Waals surface area contributed by atoms with Gasteiger partial charge in [-0.05, 0) is 44.7 Å². The first-order valence-corrected chi connectivity index (χ1v) is 7.49. The van der Waals surface area contributed by atoms with Gasteiger partial charge >= 0.3 is 0 Å². The third-order valence-corrected chi connectivity index (χ3v) is 4.13. The van der Waals surface area contributed by atoms with Crippen LogP contribution in [0, 0.1) is 0 Å². The third kappa shape index (κ3) is 3.02. The summed E-state index contributed by atoms with van der Waals surface area (Å²) < 4.78 is 2.20. The zero-order valence-electron chi connectivity index (χ0n) is 12.0. The maximum Gasteiger partial charge on any atom is 0.0958 e. The molecule has 20 heavy (non-hydrogen) atoms. The van der Waals surface area contributed by atoms with E-state index in [2.05, 4.69) is 27.9 Å². The molecule has 1 aliphatic carbocycles. The topological polar surface area (TPSA) is 50.1 Å². The van der Waals surface area contributed by atoms with Crippen molar-refractivity contribution >= 4 is 11.0 Å². The van der Waals surface area contributed by atoms with Crippen LogP contribution in [0.2, 0.25) is 0 Å². The van der Waals surface area contributed by atoms with E-state index in [0.29, 0.717) is 6.04 Å². The van der Waals surface area contributed by atoms with Crippen molar-refractivity contribution in [2.75, 3.05) is 6.61 Å². The van der Waals surface area contributed by atoms with E-state index in [-0.39, 0.29) is 12.1 Å². The largest absolute Gasteiger partial charge is 0.394 e. The number of nitrogens with one attached hydrogen (secondary N) is 1. The molecule has 3 rings (SSSR count). The normalized spacial score (nSPS) is 18.3. The molecule has 2 N–H and O–H groups in total. The molecule has 0 saturated heterocycles. The molecule has 0 radical (unpaired) electrons. The Morgan fingerprint density at radius 1 is 1.40 bits per heavy atom. The lowest BCUT2D eigenvalue weighted by atomic mass is 9.96. The molecule has 1 saturated carbocycles. The number of nitrogens with zero attached hydrogens (tertiary/aromatic N) is 2. The molecule has 0 bridgehead atoms. The minimum absolute atomic E-state index is 0.141. The summed E-state index contributed by atoms with van der Waals surface area (Å²) in [4.78, 5) is 4.41. The van der Waals surface area contributed by atoms with Crippen molar-refractivity contribution in [3.8, 4) is 0 Å². The second-order valence-electron chi connectivity index (χ2n) is 6.17. The first-order valence-electron chi connectivity index (χ1n) is 7.49. The zero-order chi connectivity index (χ0) is 14.0. The fourth-order valence-electron chi connectivity index (χ4n) is 2.75. The molecule has 0 aliphatic heterocycles. The maximum atomic E-state index is 9.61. The van der Waals surface area contributed by atoms with Crippen molar-refractivity contribution in [2.24, 2.45) is 0 Å². The molecule has 1 heterocycles. The Morgan fingerprint density at radius 3 is 2.95 bits per heavy atom. The van der Waals surface area contributed by atoms with Crippen molar-refractivity contribution in [2.45, 2.75) is 50.7 Å². The van der Waals surface area contributed by atoms with Crippen molar-refractivity contribution in [1.29, 1.82) is 0 Å². The molecule has 1 atom stereocenters. The molecule has 1 fully saturated rings. The minimum atomic E-state index is -0.141. The Kier molecular flexibility index (Phi) is 3.76. The van der Waals surface area contributed by atoms with Crippen molar-refractivity contribution in [1.82, 2.24) is 14.9 Å². The van der Waals surface area contributed by atoms with Crippen LogP contribution in [0.3, 0.4) is 0 Å². The van der Waals surface area contributed by atoms with Crippen molar-refractivity contribution < 1.29 is 5.11 Å². The Bertz CT molecular complexity index is 576. The van der Waals surface area contributed by atoms with Gasteiger partial charge in [-0.2, -0.15) is 0 Å². The summed E-state index contributed by atoms with van der Waals surface area (Å²) in [6.45, 7) is 3.27. The number of aliphatic hydroxyl groups excluding tert-OH is 1. The van der Waals surface area contributed by atoms with E-state index in [9.17, 15) is 5.11 Å². The number of hydrogen-bond donors (Lipinski definition) is 2. The molecular weight excluding hydrogens is 250 g/mol. The molecule has 0 spiro atoms. The number of benzene rings is 1. The number of imidazole rings is 1. The number of aryl methyl sites for hydroxylation is 1. The number of aliphatic hydroxyl groups is 1. The Balaban J connectivity index is 1.58. The quantitative estimate of drug-likeness (QED) is 0.814. The highest BCUT2D eigenvalue weighted by molar-refractivity contribution is 5.74. The van der Waals surface area contributed by atoms with E-state index in [0.717, 1.165) is 24.9 Å². The highest BCUT2D eigenvalue weighted by atomic mass is 16.3. The predicted molar refractivity (Wildman–Crippen MR) is 80.6 cm³/mol. The van der Waals surface area contributed by atoms with Gasteiger partial charge in [0.2, 0.25) is 0 Å².